The Balaban J connectivity index is 2.14. The minimum Gasteiger partial charge on any atom is -0.455 e. The molecule has 2 nitrogen and oxygen atoms in total. The van der Waals surface area contributed by atoms with Crippen molar-refractivity contribution in [2.24, 2.45) is 0 Å². The first kappa shape index (κ1) is 13.8. The van der Waals surface area contributed by atoms with Crippen molar-refractivity contribution in [1.29, 1.82) is 0 Å². The van der Waals surface area contributed by atoms with Gasteiger partial charge in [-0.1, -0.05) is 41.9 Å². The van der Waals surface area contributed by atoms with Crippen LogP contribution in [0.5, 0.6) is 11.5 Å². The molecule has 106 valence electrons. The predicted octanol–water partition coefficient (Wildman–Crippen LogP) is 5.62. The van der Waals surface area contributed by atoms with E-state index in [-0.39, 0.29) is 10.7 Å². The largest absolute Gasteiger partial charge is 0.455 e. The van der Waals surface area contributed by atoms with E-state index in [1.54, 1.807) is 30.3 Å². The molecule has 1 aromatic heterocycles. The van der Waals surface area contributed by atoms with Crippen LogP contribution in [-0.4, -0.2) is 4.98 Å². The summed E-state index contributed by atoms with van der Waals surface area (Å²) in [5, 5.41) is 0.809. The molecular weight excluding hydrogens is 296 g/mol. The van der Waals surface area contributed by atoms with Crippen LogP contribution in [0.15, 0.2) is 54.6 Å². The Hall–Kier alpha value is -2.20. The van der Waals surface area contributed by atoms with E-state index in [1.807, 2.05) is 18.2 Å². The highest BCUT2D eigenvalue weighted by molar-refractivity contribution is 6.35. The highest BCUT2D eigenvalue weighted by atomic mass is 35.5. The van der Waals surface area contributed by atoms with E-state index in [9.17, 15) is 8.78 Å². The molecule has 0 unspecified atom stereocenters. The van der Waals surface area contributed by atoms with Gasteiger partial charge in [0.05, 0.1) is 5.02 Å². The molecule has 21 heavy (non-hydrogen) atoms. The molecule has 0 aliphatic rings. The number of alkyl halides is 2. The number of hydrogen-bond donors (Lipinski definition) is 0. The van der Waals surface area contributed by atoms with Crippen LogP contribution < -0.4 is 4.74 Å². The normalized spacial score (nSPS) is 11.0. The van der Waals surface area contributed by atoms with Crippen LogP contribution in [0.4, 0.5) is 8.78 Å². The molecule has 0 saturated carbocycles. The van der Waals surface area contributed by atoms with E-state index in [4.69, 9.17) is 16.3 Å². The third-order valence-corrected chi connectivity index (χ3v) is 3.28. The molecule has 0 fully saturated rings. The summed E-state index contributed by atoms with van der Waals surface area (Å²) >= 11 is 6.05. The van der Waals surface area contributed by atoms with Crippen LogP contribution in [0.1, 0.15) is 12.1 Å². The molecule has 0 saturated heterocycles. The number of para-hydroxylation sites is 2. The summed E-state index contributed by atoms with van der Waals surface area (Å²) in [5.41, 5.74) is -0.0410. The molecule has 0 bridgehead atoms. The summed E-state index contributed by atoms with van der Waals surface area (Å²) < 4.78 is 31.5. The first-order valence-electron chi connectivity index (χ1n) is 6.25. The number of hydrogen-bond acceptors (Lipinski definition) is 2. The van der Waals surface area contributed by atoms with Crippen LogP contribution in [0.3, 0.4) is 0 Å². The fourth-order valence-electron chi connectivity index (χ4n) is 2.01. The lowest BCUT2D eigenvalue weighted by Crippen LogP contribution is -1.94. The lowest BCUT2D eigenvalue weighted by atomic mass is 10.2. The molecule has 0 aliphatic carbocycles. The summed E-state index contributed by atoms with van der Waals surface area (Å²) in [5.74, 6) is 0.994. The van der Waals surface area contributed by atoms with Gasteiger partial charge in [-0.2, -0.15) is 0 Å². The summed E-state index contributed by atoms with van der Waals surface area (Å²) in [4.78, 5) is 3.97. The Morgan fingerprint density at radius 1 is 1.00 bits per heavy atom. The van der Waals surface area contributed by atoms with Crippen LogP contribution in [0.2, 0.25) is 5.02 Å². The second-order valence-electron chi connectivity index (χ2n) is 4.40. The van der Waals surface area contributed by atoms with Gasteiger partial charge in [0.2, 0.25) is 0 Å². The van der Waals surface area contributed by atoms with Crippen molar-refractivity contribution in [1.82, 2.24) is 4.98 Å². The highest BCUT2D eigenvalue weighted by Gasteiger charge is 2.15. The molecule has 0 amide bonds. The molecule has 0 aliphatic heterocycles. The number of ether oxygens (including phenoxy) is 1. The van der Waals surface area contributed by atoms with E-state index in [2.05, 4.69) is 4.98 Å². The van der Waals surface area contributed by atoms with Gasteiger partial charge in [-0.05, 0) is 24.3 Å². The Morgan fingerprint density at radius 3 is 2.48 bits per heavy atom. The van der Waals surface area contributed by atoms with Gasteiger partial charge in [0, 0.05) is 5.39 Å². The van der Waals surface area contributed by atoms with Gasteiger partial charge >= 0.3 is 0 Å². The van der Waals surface area contributed by atoms with Crippen LogP contribution in [0, 0.1) is 0 Å². The lowest BCUT2D eigenvalue weighted by Gasteiger charge is -2.10. The van der Waals surface area contributed by atoms with Gasteiger partial charge in [-0.3, -0.25) is 0 Å². The Bertz CT molecular complexity index is 778. The van der Waals surface area contributed by atoms with Gasteiger partial charge in [0.1, 0.15) is 17.0 Å². The van der Waals surface area contributed by atoms with Crippen LogP contribution in [0.25, 0.3) is 10.9 Å². The standard InChI is InChI=1S/C16H10ClF2NO/c17-12-9-13(16(18)19)20-15-11(12)7-4-8-14(15)21-10-5-2-1-3-6-10/h1-9,16H. The van der Waals surface area contributed by atoms with Gasteiger partial charge in [-0.15, -0.1) is 0 Å². The summed E-state index contributed by atoms with van der Waals surface area (Å²) in [6.45, 7) is 0. The highest BCUT2D eigenvalue weighted by Crippen LogP contribution is 2.34. The molecule has 5 heteroatoms. The fourth-order valence-corrected chi connectivity index (χ4v) is 2.27. The van der Waals surface area contributed by atoms with E-state index in [0.717, 1.165) is 0 Å². The first-order chi connectivity index (χ1) is 10.1. The second-order valence-corrected chi connectivity index (χ2v) is 4.80. The number of halogens is 3. The van der Waals surface area contributed by atoms with Crippen molar-refractivity contribution in [2.45, 2.75) is 6.43 Å². The summed E-state index contributed by atoms with van der Waals surface area (Å²) in [7, 11) is 0. The third-order valence-electron chi connectivity index (χ3n) is 2.97. The first-order valence-corrected chi connectivity index (χ1v) is 6.63. The van der Waals surface area contributed by atoms with Crippen molar-refractivity contribution in [3.63, 3.8) is 0 Å². The molecule has 0 atom stereocenters. The molecule has 0 radical (unpaired) electrons. The van der Waals surface area contributed by atoms with Crippen molar-refractivity contribution in [2.75, 3.05) is 0 Å². The number of aromatic nitrogens is 1. The van der Waals surface area contributed by atoms with E-state index in [0.29, 0.717) is 22.4 Å². The molecule has 3 rings (SSSR count). The predicted molar refractivity (Wildman–Crippen MR) is 78.2 cm³/mol. The van der Waals surface area contributed by atoms with Gasteiger partial charge < -0.3 is 4.74 Å². The van der Waals surface area contributed by atoms with E-state index < -0.39 is 6.43 Å². The lowest BCUT2D eigenvalue weighted by molar-refractivity contribution is 0.146. The maximum Gasteiger partial charge on any atom is 0.280 e. The molecule has 2 aromatic carbocycles. The van der Waals surface area contributed by atoms with Crippen molar-refractivity contribution in [3.05, 3.63) is 65.3 Å². The number of nitrogens with zero attached hydrogens (tertiary/aromatic N) is 1. The van der Waals surface area contributed by atoms with Gasteiger partial charge in [-0.25, -0.2) is 13.8 Å². The van der Waals surface area contributed by atoms with Gasteiger partial charge in [0.15, 0.2) is 5.75 Å². The van der Waals surface area contributed by atoms with Crippen molar-refractivity contribution in [3.8, 4) is 11.5 Å². The molecule has 3 aromatic rings. The van der Waals surface area contributed by atoms with Gasteiger partial charge in [0.25, 0.3) is 6.43 Å². The molecule has 0 spiro atoms. The van der Waals surface area contributed by atoms with E-state index in [1.165, 1.54) is 6.07 Å². The monoisotopic (exact) mass is 305 g/mol. The van der Waals surface area contributed by atoms with E-state index >= 15 is 0 Å². The fraction of sp³-hybridized carbons (Fsp3) is 0.0625. The summed E-state index contributed by atoms with van der Waals surface area (Å²) in [6.07, 6.45) is -2.68. The van der Waals surface area contributed by atoms with Crippen LogP contribution >= 0.6 is 11.6 Å². The zero-order valence-electron chi connectivity index (χ0n) is 10.8. The quantitative estimate of drug-likeness (QED) is 0.626. The average molecular weight is 306 g/mol. The SMILES string of the molecule is FC(F)c1cc(Cl)c2cccc(Oc3ccccc3)c2n1. The molecule has 0 N–H and O–H groups in total. The average Bonchev–Trinajstić information content (AvgIpc) is 2.49. The minimum absolute atomic E-state index is 0.230. The summed E-state index contributed by atoms with van der Waals surface area (Å²) in [6, 6.07) is 15.4. The second kappa shape index (κ2) is 5.66. The maximum atomic E-state index is 12.9. The van der Waals surface area contributed by atoms with Crippen molar-refractivity contribution < 1.29 is 13.5 Å². The zero-order chi connectivity index (χ0) is 14.8. The number of fused-ring (bicyclic) bond motifs is 1. The minimum atomic E-state index is -2.68. The topological polar surface area (TPSA) is 22.1 Å². The Kier molecular flexibility index (Phi) is 3.71. The third kappa shape index (κ3) is 2.81. The smallest absolute Gasteiger partial charge is 0.280 e. The van der Waals surface area contributed by atoms with Crippen LogP contribution in [-0.2, 0) is 0 Å². The molecular formula is C16H10ClF2NO. The van der Waals surface area contributed by atoms with Crippen molar-refractivity contribution >= 4 is 22.5 Å². The number of benzene rings is 2. The zero-order valence-corrected chi connectivity index (χ0v) is 11.5. The number of pyridine rings is 1. The maximum absolute atomic E-state index is 12.9. The molecule has 1 heterocycles. The number of rotatable bonds is 3. The Morgan fingerprint density at radius 2 is 1.76 bits per heavy atom. The Labute approximate surface area is 125 Å².